The lowest BCUT2D eigenvalue weighted by Crippen LogP contribution is -1.97. The summed E-state index contributed by atoms with van der Waals surface area (Å²) in [6.07, 6.45) is 1.81. The third kappa shape index (κ3) is 1.52. The Kier molecular flexibility index (Phi) is 2.41. The van der Waals surface area contributed by atoms with Crippen LogP contribution in [0.1, 0.15) is 11.3 Å². The minimum atomic E-state index is 0.543. The van der Waals surface area contributed by atoms with E-state index in [0.717, 1.165) is 33.7 Å². The van der Waals surface area contributed by atoms with Crippen molar-refractivity contribution in [2.75, 3.05) is 0 Å². The maximum Gasteiger partial charge on any atom is 0.144 e. The van der Waals surface area contributed by atoms with E-state index < -0.39 is 0 Å². The zero-order valence-corrected chi connectivity index (χ0v) is 10.4. The van der Waals surface area contributed by atoms with Gasteiger partial charge < -0.3 is 10.3 Å². The molecule has 3 N–H and O–H groups in total. The molecule has 0 saturated heterocycles. The van der Waals surface area contributed by atoms with Crippen LogP contribution in [-0.4, -0.2) is 19.7 Å². The van der Waals surface area contributed by atoms with Gasteiger partial charge in [-0.3, -0.25) is 5.10 Å². The van der Waals surface area contributed by atoms with Crippen LogP contribution in [0.25, 0.3) is 22.4 Å². The number of aryl methyl sites for hydroxylation is 2. The monoisotopic (exact) mass is 241 g/mol. The Balaban J connectivity index is 2.26. The van der Waals surface area contributed by atoms with E-state index in [1.807, 2.05) is 26.1 Å². The summed E-state index contributed by atoms with van der Waals surface area (Å²) < 4.78 is 2.08. The fourth-order valence-electron chi connectivity index (χ4n) is 2.18. The van der Waals surface area contributed by atoms with Crippen LogP contribution in [0.4, 0.5) is 0 Å². The highest BCUT2D eigenvalue weighted by molar-refractivity contribution is 5.81. The fourth-order valence-corrected chi connectivity index (χ4v) is 2.18. The molecule has 0 saturated carbocycles. The molecule has 0 spiro atoms. The molecule has 0 aliphatic carbocycles. The van der Waals surface area contributed by atoms with Crippen LogP contribution in [0.2, 0.25) is 0 Å². The maximum atomic E-state index is 5.67. The number of rotatable bonds is 2. The first-order chi connectivity index (χ1) is 8.70. The van der Waals surface area contributed by atoms with Gasteiger partial charge in [-0.15, -0.1) is 0 Å². The number of nitrogens with two attached hydrogens (primary N) is 1. The van der Waals surface area contributed by atoms with Crippen molar-refractivity contribution < 1.29 is 0 Å². The van der Waals surface area contributed by atoms with Crippen molar-refractivity contribution in [1.29, 1.82) is 0 Å². The van der Waals surface area contributed by atoms with E-state index in [4.69, 9.17) is 5.73 Å². The lowest BCUT2D eigenvalue weighted by atomic mass is 10.2. The number of H-pyrrole nitrogens is 1. The van der Waals surface area contributed by atoms with Gasteiger partial charge in [-0.05, 0) is 24.6 Å². The van der Waals surface area contributed by atoms with Gasteiger partial charge in [0.05, 0.1) is 22.8 Å². The molecule has 5 heteroatoms. The lowest BCUT2D eigenvalue weighted by molar-refractivity contribution is 0.954. The molecule has 0 fully saturated rings. The van der Waals surface area contributed by atoms with E-state index in [2.05, 4.69) is 25.8 Å². The van der Waals surface area contributed by atoms with E-state index >= 15 is 0 Å². The molecule has 1 aromatic carbocycles. The third-order valence-corrected chi connectivity index (χ3v) is 3.25. The number of benzene rings is 1. The van der Waals surface area contributed by atoms with Crippen molar-refractivity contribution in [2.24, 2.45) is 12.8 Å². The van der Waals surface area contributed by atoms with Gasteiger partial charge in [0, 0.05) is 19.3 Å². The summed E-state index contributed by atoms with van der Waals surface area (Å²) >= 11 is 0. The van der Waals surface area contributed by atoms with E-state index in [0.29, 0.717) is 6.54 Å². The SMILES string of the molecule is Cc1[nH]ncc1-c1nc2ccc(CN)cc2n1C. The minimum Gasteiger partial charge on any atom is -0.327 e. The normalized spacial score (nSPS) is 11.3. The van der Waals surface area contributed by atoms with Crippen molar-refractivity contribution in [3.05, 3.63) is 35.7 Å². The molecule has 0 radical (unpaired) electrons. The minimum absolute atomic E-state index is 0.543. The molecule has 0 aliphatic heterocycles. The van der Waals surface area contributed by atoms with Gasteiger partial charge in [-0.1, -0.05) is 6.07 Å². The number of hydrogen-bond acceptors (Lipinski definition) is 3. The first-order valence-electron chi connectivity index (χ1n) is 5.86. The van der Waals surface area contributed by atoms with Gasteiger partial charge in [0.15, 0.2) is 0 Å². The first kappa shape index (κ1) is 11.0. The van der Waals surface area contributed by atoms with Crippen LogP contribution in [0.3, 0.4) is 0 Å². The summed E-state index contributed by atoms with van der Waals surface area (Å²) in [7, 11) is 2.01. The van der Waals surface area contributed by atoms with Crippen LogP contribution >= 0.6 is 0 Å². The van der Waals surface area contributed by atoms with Gasteiger partial charge in [-0.25, -0.2) is 4.98 Å². The molecule has 2 aromatic heterocycles. The summed E-state index contributed by atoms with van der Waals surface area (Å²) in [5.41, 5.74) is 10.9. The van der Waals surface area contributed by atoms with E-state index in [1.54, 1.807) is 6.20 Å². The van der Waals surface area contributed by atoms with Gasteiger partial charge in [0.25, 0.3) is 0 Å². The molecule has 2 heterocycles. The van der Waals surface area contributed by atoms with E-state index in [9.17, 15) is 0 Å². The Morgan fingerprint density at radius 2 is 2.22 bits per heavy atom. The van der Waals surface area contributed by atoms with Gasteiger partial charge in [0.2, 0.25) is 0 Å². The Labute approximate surface area is 105 Å². The summed E-state index contributed by atoms with van der Waals surface area (Å²) in [5, 5.41) is 6.98. The number of imidazole rings is 1. The van der Waals surface area contributed by atoms with Crippen LogP contribution < -0.4 is 5.73 Å². The predicted octanol–water partition coefficient (Wildman–Crippen LogP) is 1.73. The fraction of sp³-hybridized carbons (Fsp3) is 0.231. The third-order valence-electron chi connectivity index (χ3n) is 3.25. The maximum absolute atomic E-state index is 5.67. The number of aromatic nitrogens is 4. The van der Waals surface area contributed by atoms with Crippen LogP contribution in [-0.2, 0) is 13.6 Å². The van der Waals surface area contributed by atoms with Gasteiger partial charge >= 0.3 is 0 Å². The average Bonchev–Trinajstić information content (AvgIpc) is 2.93. The highest BCUT2D eigenvalue weighted by Crippen LogP contribution is 2.25. The summed E-state index contributed by atoms with van der Waals surface area (Å²) in [6.45, 7) is 2.54. The number of nitrogens with one attached hydrogen (secondary N) is 1. The topological polar surface area (TPSA) is 72.5 Å². The Hall–Kier alpha value is -2.14. The molecule has 18 heavy (non-hydrogen) atoms. The molecule has 0 atom stereocenters. The Morgan fingerprint density at radius 3 is 2.89 bits per heavy atom. The zero-order valence-electron chi connectivity index (χ0n) is 10.4. The predicted molar refractivity (Wildman–Crippen MR) is 70.9 cm³/mol. The summed E-state index contributed by atoms with van der Waals surface area (Å²) in [6, 6.07) is 6.11. The zero-order chi connectivity index (χ0) is 12.7. The molecular formula is C13H15N5. The molecule has 5 nitrogen and oxygen atoms in total. The standard InChI is InChI=1S/C13H15N5/c1-8-10(7-15-17-8)13-16-11-4-3-9(6-14)5-12(11)18(13)2/h3-5,7H,6,14H2,1-2H3,(H,15,17). The Morgan fingerprint density at radius 1 is 1.39 bits per heavy atom. The molecule has 3 aromatic rings. The van der Waals surface area contributed by atoms with Crippen molar-refractivity contribution in [1.82, 2.24) is 19.7 Å². The molecule has 92 valence electrons. The van der Waals surface area contributed by atoms with Gasteiger partial charge in [-0.2, -0.15) is 5.10 Å². The highest BCUT2D eigenvalue weighted by Gasteiger charge is 2.13. The van der Waals surface area contributed by atoms with Crippen molar-refractivity contribution >= 4 is 11.0 Å². The second-order valence-corrected chi connectivity index (χ2v) is 4.43. The molecule has 0 aliphatic rings. The van der Waals surface area contributed by atoms with Gasteiger partial charge in [0.1, 0.15) is 5.82 Å². The Bertz CT molecular complexity index is 707. The molecule has 0 bridgehead atoms. The van der Waals surface area contributed by atoms with E-state index in [1.165, 1.54) is 0 Å². The largest absolute Gasteiger partial charge is 0.327 e. The second kappa shape index (κ2) is 3.96. The smallest absolute Gasteiger partial charge is 0.144 e. The molecular weight excluding hydrogens is 226 g/mol. The van der Waals surface area contributed by atoms with Crippen molar-refractivity contribution in [2.45, 2.75) is 13.5 Å². The van der Waals surface area contributed by atoms with Crippen LogP contribution in [0.15, 0.2) is 24.4 Å². The lowest BCUT2D eigenvalue weighted by Gasteiger charge is -2.01. The number of fused-ring (bicyclic) bond motifs is 1. The number of hydrogen-bond donors (Lipinski definition) is 2. The molecule has 0 unspecified atom stereocenters. The van der Waals surface area contributed by atoms with Crippen molar-refractivity contribution in [3.8, 4) is 11.4 Å². The van der Waals surface area contributed by atoms with Crippen molar-refractivity contribution in [3.63, 3.8) is 0 Å². The molecule has 0 amide bonds. The quantitative estimate of drug-likeness (QED) is 0.717. The molecule has 3 rings (SSSR count). The summed E-state index contributed by atoms with van der Waals surface area (Å²) in [4.78, 5) is 4.65. The number of nitrogens with zero attached hydrogens (tertiary/aromatic N) is 3. The second-order valence-electron chi connectivity index (χ2n) is 4.43. The number of aromatic amines is 1. The van der Waals surface area contributed by atoms with Crippen LogP contribution in [0, 0.1) is 6.92 Å². The summed E-state index contributed by atoms with van der Waals surface area (Å²) in [5.74, 6) is 0.922. The van der Waals surface area contributed by atoms with Crippen LogP contribution in [0.5, 0.6) is 0 Å². The van der Waals surface area contributed by atoms with E-state index in [-0.39, 0.29) is 0 Å². The average molecular weight is 241 g/mol. The highest BCUT2D eigenvalue weighted by atomic mass is 15.1. The first-order valence-corrected chi connectivity index (χ1v) is 5.86.